The van der Waals surface area contributed by atoms with Gasteiger partial charge in [0.2, 0.25) is 0 Å². The van der Waals surface area contributed by atoms with Gasteiger partial charge in [0.1, 0.15) is 5.75 Å². The second kappa shape index (κ2) is 10.8. The summed E-state index contributed by atoms with van der Waals surface area (Å²) in [4.78, 5) is 27.1. The van der Waals surface area contributed by atoms with Crippen LogP contribution in [0.15, 0.2) is 78.9 Å². The lowest BCUT2D eigenvalue weighted by Crippen LogP contribution is -2.35. The minimum Gasteiger partial charge on any atom is -0.495 e. The van der Waals surface area contributed by atoms with Crippen LogP contribution in [0.2, 0.25) is 0 Å². The van der Waals surface area contributed by atoms with Gasteiger partial charge in [0.05, 0.1) is 12.8 Å². The number of rotatable bonds is 8. The van der Waals surface area contributed by atoms with Crippen molar-refractivity contribution >= 4 is 23.3 Å². The Kier molecular flexibility index (Phi) is 7.65. The molecule has 0 aliphatic heterocycles. The maximum absolute atomic E-state index is 13.1. The summed E-state index contributed by atoms with van der Waals surface area (Å²) in [5.74, 6) is 0.529. The van der Waals surface area contributed by atoms with Crippen molar-refractivity contribution in [3.63, 3.8) is 0 Å². The van der Waals surface area contributed by atoms with Crippen molar-refractivity contribution in [1.82, 2.24) is 5.32 Å². The molecule has 0 aliphatic rings. The van der Waals surface area contributed by atoms with E-state index in [0.717, 1.165) is 11.3 Å². The molecule has 0 fully saturated rings. The van der Waals surface area contributed by atoms with Crippen LogP contribution in [-0.4, -0.2) is 32.1 Å². The molecule has 3 amide bonds. The number of nitrogens with zero attached hydrogens (tertiary/aromatic N) is 1. The lowest BCUT2D eigenvalue weighted by atomic mass is 10.1. The number of hydrogen-bond acceptors (Lipinski definition) is 3. The quantitative estimate of drug-likeness (QED) is 0.514. The van der Waals surface area contributed by atoms with E-state index in [1.165, 1.54) is 0 Å². The molecule has 3 aromatic carbocycles. The average Bonchev–Trinajstić information content (AvgIpc) is 2.80. The summed E-state index contributed by atoms with van der Waals surface area (Å²) < 4.78 is 5.24. The number of aryl methyl sites for hydroxylation is 1. The third-order valence-corrected chi connectivity index (χ3v) is 4.81. The predicted molar refractivity (Wildman–Crippen MR) is 124 cm³/mol. The van der Waals surface area contributed by atoms with Gasteiger partial charge < -0.3 is 20.3 Å². The highest BCUT2D eigenvalue weighted by atomic mass is 16.5. The van der Waals surface area contributed by atoms with E-state index in [0.29, 0.717) is 36.5 Å². The highest BCUT2D eigenvalue weighted by Gasteiger charge is 2.17. The zero-order chi connectivity index (χ0) is 22.1. The topological polar surface area (TPSA) is 70.7 Å². The molecule has 0 atom stereocenters. The lowest BCUT2D eigenvalue weighted by Gasteiger charge is -2.23. The van der Waals surface area contributed by atoms with E-state index in [2.05, 4.69) is 10.6 Å². The fourth-order valence-electron chi connectivity index (χ4n) is 3.16. The van der Waals surface area contributed by atoms with E-state index in [1.54, 1.807) is 24.1 Å². The molecule has 0 bridgehead atoms. The number of methoxy groups -OCH3 is 1. The van der Waals surface area contributed by atoms with Gasteiger partial charge in [-0.3, -0.25) is 4.79 Å². The molecule has 3 rings (SSSR count). The minimum absolute atomic E-state index is 0.0651. The fraction of sp³-hybridized carbons (Fsp3) is 0.200. The number of carbonyl (C=O) groups excluding carboxylic acids is 2. The molecule has 0 aromatic heterocycles. The molecular formula is C25H27N3O3. The Morgan fingerprint density at radius 2 is 1.58 bits per heavy atom. The summed E-state index contributed by atoms with van der Waals surface area (Å²) in [6.07, 6.45) is 0.603. The molecular weight excluding hydrogens is 390 g/mol. The minimum atomic E-state index is -0.319. The third kappa shape index (κ3) is 6.09. The van der Waals surface area contributed by atoms with E-state index < -0.39 is 0 Å². The van der Waals surface area contributed by atoms with Crippen molar-refractivity contribution in [3.05, 3.63) is 90.0 Å². The number of nitrogens with one attached hydrogen (secondary N) is 2. The summed E-state index contributed by atoms with van der Waals surface area (Å²) in [5.41, 5.74) is 3.17. The summed E-state index contributed by atoms with van der Waals surface area (Å²) in [6, 6.07) is 24.0. The van der Waals surface area contributed by atoms with Crippen LogP contribution >= 0.6 is 0 Å². The second-order valence-corrected chi connectivity index (χ2v) is 7.09. The molecule has 0 heterocycles. The van der Waals surface area contributed by atoms with Crippen molar-refractivity contribution in [1.29, 1.82) is 0 Å². The summed E-state index contributed by atoms with van der Waals surface area (Å²) >= 11 is 0. The molecule has 0 aliphatic carbocycles. The van der Waals surface area contributed by atoms with Crippen LogP contribution in [-0.2, 0) is 0 Å². The highest BCUT2D eigenvalue weighted by molar-refractivity contribution is 6.06. The van der Waals surface area contributed by atoms with Gasteiger partial charge in [-0.15, -0.1) is 0 Å². The van der Waals surface area contributed by atoms with Crippen LogP contribution in [0.4, 0.5) is 16.2 Å². The van der Waals surface area contributed by atoms with Gasteiger partial charge in [0.15, 0.2) is 0 Å². The van der Waals surface area contributed by atoms with E-state index in [1.807, 2.05) is 73.7 Å². The molecule has 6 nitrogen and oxygen atoms in total. The molecule has 160 valence electrons. The van der Waals surface area contributed by atoms with Crippen molar-refractivity contribution in [3.8, 4) is 5.75 Å². The van der Waals surface area contributed by atoms with Crippen LogP contribution in [0.25, 0.3) is 0 Å². The van der Waals surface area contributed by atoms with Gasteiger partial charge in [-0.1, -0.05) is 48.0 Å². The monoisotopic (exact) mass is 417 g/mol. The molecule has 0 saturated carbocycles. The summed E-state index contributed by atoms with van der Waals surface area (Å²) in [5, 5.41) is 5.61. The van der Waals surface area contributed by atoms with Crippen molar-refractivity contribution < 1.29 is 14.3 Å². The van der Waals surface area contributed by atoms with Gasteiger partial charge in [-0.05, 0) is 49.7 Å². The first kappa shape index (κ1) is 21.9. The Morgan fingerprint density at radius 1 is 0.903 bits per heavy atom. The SMILES string of the molecule is COc1ccccc1NC(=O)NCCCN(C(=O)c1ccc(C)cc1)c1ccccc1. The molecule has 2 N–H and O–H groups in total. The zero-order valence-electron chi connectivity index (χ0n) is 17.8. The Bertz CT molecular complexity index is 1000. The second-order valence-electron chi connectivity index (χ2n) is 7.09. The number of hydrogen-bond donors (Lipinski definition) is 2. The summed E-state index contributed by atoms with van der Waals surface area (Å²) in [6.45, 7) is 2.89. The normalized spacial score (nSPS) is 10.3. The molecule has 6 heteroatoms. The maximum Gasteiger partial charge on any atom is 0.319 e. The first-order valence-corrected chi connectivity index (χ1v) is 10.2. The average molecular weight is 418 g/mol. The smallest absolute Gasteiger partial charge is 0.319 e. The molecule has 0 saturated heterocycles. The predicted octanol–water partition coefficient (Wildman–Crippen LogP) is 4.86. The Morgan fingerprint density at radius 3 is 2.29 bits per heavy atom. The molecule has 0 spiro atoms. The first-order chi connectivity index (χ1) is 15.1. The molecule has 31 heavy (non-hydrogen) atoms. The Balaban J connectivity index is 1.58. The Labute approximate surface area is 182 Å². The van der Waals surface area contributed by atoms with E-state index >= 15 is 0 Å². The van der Waals surface area contributed by atoms with Gasteiger partial charge in [0.25, 0.3) is 5.91 Å². The molecule has 3 aromatic rings. The first-order valence-electron chi connectivity index (χ1n) is 10.2. The fourth-order valence-corrected chi connectivity index (χ4v) is 3.16. The molecule has 0 radical (unpaired) electrons. The number of para-hydroxylation sites is 3. The van der Waals surface area contributed by atoms with E-state index in [-0.39, 0.29) is 11.9 Å². The van der Waals surface area contributed by atoms with Crippen LogP contribution in [0.1, 0.15) is 22.3 Å². The molecule has 0 unspecified atom stereocenters. The number of amides is 3. The van der Waals surface area contributed by atoms with Crippen LogP contribution in [0.5, 0.6) is 5.75 Å². The number of anilines is 2. The van der Waals surface area contributed by atoms with Gasteiger partial charge in [-0.2, -0.15) is 0 Å². The van der Waals surface area contributed by atoms with Crippen molar-refractivity contribution in [2.75, 3.05) is 30.4 Å². The summed E-state index contributed by atoms with van der Waals surface area (Å²) in [7, 11) is 1.56. The van der Waals surface area contributed by atoms with E-state index in [9.17, 15) is 9.59 Å². The zero-order valence-corrected chi connectivity index (χ0v) is 17.8. The number of carbonyl (C=O) groups is 2. The number of ether oxygens (including phenoxy) is 1. The highest BCUT2D eigenvalue weighted by Crippen LogP contribution is 2.22. The largest absolute Gasteiger partial charge is 0.495 e. The van der Waals surface area contributed by atoms with Crippen molar-refractivity contribution in [2.45, 2.75) is 13.3 Å². The Hall–Kier alpha value is -3.80. The van der Waals surface area contributed by atoms with Gasteiger partial charge >= 0.3 is 6.03 Å². The van der Waals surface area contributed by atoms with Crippen LogP contribution in [0, 0.1) is 6.92 Å². The maximum atomic E-state index is 13.1. The lowest BCUT2D eigenvalue weighted by molar-refractivity contribution is 0.0986. The standard InChI is InChI=1S/C25H27N3O3/c1-19-13-15-20(16-14-19)24(29)28(21-9-4-3-5-10-21)18-8-17-26-25(30)27-22-11-6-7-12-23(22)31-2/h3-7,9-16H,8,17-18H2,1-2H3,(H2,26,27,30). The van der Waals surface area contributed by atoms with Gasteiger partial charge in [-0.25, -0.2) is 4.79 Å². The van der Waals surface area contributed by atoms with Crippen LogP contribution < -0.4 is 20.3 Å². The number of urea groups is 1. The number of benzene rings is 3. The van der Waals surface area contributed by atoms with Gasteiger partial charge in [0, 0.05) is 24.3 Å². The van der Waals surface area contributed by atoms with Crippen molar-refractivity contribution in [2.24, 2.45) is 0 Å². The van der Waals surface area contributed by atoms with E-state index in [4.69, 9.17) is 4.74 Å². The third-order valence-electron chi connectivity index (χ3n) is 4.81. The van der Waals surface area contributed by atoms with Crippen LogP contribution in [0.3, 0.4) is 0 Å².